The van der Waals surface area contributed by atoms with Crippen molar-refractivity contribution in [3.63, 3.8) is 0 Å². The summed E-state index contributed by atoms with van der Waals surface area (Å²) < 4.78 is 27.5. The van der Waals surface area contributed by atoms with Crippen LogP contribution in [0.4, 0.5) is 20.4 Å². The SMILES string of the molecule is CC(C)N(Cc1ccccc1)C(=O)c1cnc(Nc2c(F)cccc2F)nc1. The third kappa shape index (κ3) is 4.49. The number of anilines is 2. The fourth-order valence-electron chi connectivity index (χ4n) is 2.67. The molecule has 0 aliphatic rings. The number of nitrogens with one attached hydrogen (secondary N) is 1. The summed E-state index contributed by atoms with van der Waals surface area (Å²) in [7, 11) is 0. The molecule has 0 saturated heterocycles. The Kier molecular flexibility index (Phi) is 5.93. The molecule has 3 aromatic rings. The molecule has 0 aliphatic heterocycles. The molecule has 0 unspecified atom stereocenters. The molecule has 28 heavy (non-hydrogen) atoms. The standard InChI is InChI=1S/C21H20F2N4O/c1-14(2)27(13-15-7-4-3-5-8-15)20(28)16-11-24-21(25-12-16)26-19-17(22)9-6-10-18(19)23/h3-12,14H,13H2,1-2H3,(H,24,25,26). The maximum absolute atomic E-state index is 13.7. The Hall–Kier alpha value is -3.35. The molecule has 0 fully saturated rings. The van der Waals surface area contributed by atoms with Crippen LogP contribution in [0.5, 0.6) is 0 Å². The minimum absolute atomic E-state index is 0.000272. The largest absolute Gasteiger partial charge is 0.332 e. The van der Waals surface area contributed by atoms with E-state index in [1.165, 1.54) is 18.5 Å². The minimum atomic E-state index is -0.752. The first kappa shape index (κ1) is 19.4. The fourth-order valence-corrected chi connectivity index (χ4v) is 2.67. The number of carbonyl (C=O) groups excluding carboxylic acids is 1. The van der Waals surface area contributed by atoms with E-state index in [2.05, 4.69) is 15.3 Å². The summed E-state index contributed by atoms with van der Waals surface area (Å²) in [5.74, 6) is -1.72. The van der Waals surface area contributed by atoms with E-state index < -0.39 is 11.6 Å². The lowest BCUT2D eigenvalue weighted by molar-refractivity contribution is 0.0689. The van der Waals surface area contributed by atoms with Gasteiger partial charge in [0.1, 0.15) is 17.3 Å². The number of aromatic nitrogens is 2. The molecule has 5 nitrogen and oxygen atoms in total. The molecule has 1 amide bonds. The normalized spacial score (nSPS) is 10.8. The first-order valence-electron chi connectivity index (χ1n) is 8.83. The summed E-state index contributed by atoms with van der Waals surface area (Å²) in [5, 5.41) is 2.50. The summed E-state index contributed by atoms with van der Waals surface area (Å²) in [4.78, 5) is 22.6. The highest BCUT2D eigenvalue weighted by molar-refractivity contribution is 5.93. The summed E-state index contributed by atoms with van der Waals surface area (Å²) in [5.41, 5.74) is 0.970. The van der Waals surface area contributed by atoms with Gasteiger partial charge in [-0.3, -0.25) is 4.79 Å². The number of carbonyl (C=O) groups is 1. The number of nitrogens with zero attached hydrogens (tertiary/aromatic N) is 3. The highest BCUT2D eigenvalue weighted by Crippen LogP contribution is 2.21. The number of benzene rings is 2. The van der Waals surface area contributed by atoms with Crippen molar-refractivity contribution in [2.45, 2.75) is 26.4 Å². The summed E-state index contributed by atoms with van der Waals surface area (Å²) in [6, 6.07) is 13.2. The van der Waals surface area contributed by atoms with Gasteiger partial charge in [-0.2, -0.15) is 0 Å². The smallest absolute Gasteiger partial charge is 0.257 e. The van der Waals surface area contributed by atoms with Gasteiger partial charge in [0.25, 0.3) is 5.91 Å². The highest BCUT2D eigenvalue weighted by Gasteiger charge is 2.20. The van der Waals surface area contributed by atoms with Crippen molar-refractivity contribution in [1.29, 1.82) is 0 Å². The lowest BCUT2D eigenvalue weighted by Crippen LogP contribution is -2.36. The third-order valence-electron chi connectivity index (χ3n) is 4.18. The average Bonchev–Trinajstić information content (AvgIpc) is 2.69. The van der Waals surface area contributed by atoms with Crippen molar-refractivity contribution >= 4 is 17.5 Å². The van der Waals surface area contributed by atoms with Gasteiger partial charge in [0.2, 0.25) is 5.95 Å². The molecule has 0 radical (unpaired) electrons. The van der Waals surface area contributed by atoms with Gasteiger partial charge in [-0.05, 0) is 31.5 Å². The second kappa shape index (κ2) is 8.56. The highest BCUT2D eigenvalue weighted by atomic mass is 19.1. The number of para-hydroxylation sites is 1. The van der Waals surface area contributed by atoms with Gasteiger partial charge in [0.15, 0.2) is 0 Å². The Morgan fingerprint density at radius 3 is 2.18 bits per heavy atom. The second-order valence-electron chi connectivity index (χ2n) is 6.53. The Labute approximate surface area is 162 Å². The van der Waals surface area contributed by atoms with Gasteiger partial charge in [0, 0.05) is 25.0 Å². The van der Waals surface area contributed by atoms with Crippen molar-refractivity contribution < 1.29 is 13.6 Å². The van der Waals surface area contributed by atoms with Crippen LogP contribution in [0.2, 0.25) is 0 Å². The number of amides is 1. The van der Waals surface area contributed by atoms with Crippen molar-refractivity contribution in [3.05, 3.63) is 83.7 Å². The van der Waals surface area contributed by atoms with Crippen LogP contribution in [0.1, 0.15) is 29.8 Å². The molecule has 144 valence electrons. The molecule has 0 aliphatic carbocycles. The van der Waals surface area contributed by atoms with E-state index in [-0.39, 0.29) is 23.6 Å². The molecule has 1 heterocycles. The molecule has 1 aromatic heterocycles. The summed E-state index contributed by atoms with van der Waals surface area (Å²) in [6.07, 6.45) is 2.69. The van der Waals surface area contributed by atoms with Gasteiger partial charge < -0.3 is 10.2 Å². The average molecular weight is 382 g/mol. The molecule has 0 saturated carbocycles. The molecule has 0 spiro atoms. The molecule has 2 aromatic carbocycles. The van der Waals surface area contributed by atoms with Gasteiger partial charge >= 0.3 is 0 Å². The fraction of sp³-hybridized carbons (Fsp3) is 0.190. The number of hydrogen-bond donors (Lipinski definition) is 1. The van der Waals surface area contributed by atoms with Gasteiger partial charge in [-0.1, -0.05) is 36.4 Å². The number of hydrogen-bond acceptors (Lipinski definition) is 4. The molecule has 0 atom stereocenters. The zero-order valence-electron chi connectivity index (χ0n) is 15.6. The van der Waals surface area contributed by atoms with E-state index in [4.69, 9.17) is 0 Å². The van der Waals surface area contributed by atoms with E-state index >= 15 is 0 Å². The van der Waals surface area contributed by atoms with Gasteiger partial charge in [-0.15, -0.1) is 0 Å². The zero-order chi connectivity index (χ0) is 20.1. The number of halogens is 2. The molecule has 1 N–H and O–H groups in total. The van der Waals surface area contributed by atoms with E-state index in [9.17, 15) is 13.6 Å². The van der Waals surface area contributed by atoms with Gasteiger partial charge in [0.05, 0.1) is 5.56 Å². The maximum Gasteiger partial charge on any atom is 0.257 e. The number of rotatable bonds is 6. The molecule has 0 bridgehead atoms. The van der Waals surface area contributed by atoms with E-state index in [1.54, 1.807) is 4.90 Å². The van der Waals surface area contributed by atoms with Crippen LogP contribution in [0.15, 0.2) is 60.9 Å². The predicted molar refractivity (Wildman–Crippen MR) is 103 cm³/mol. The van der Waals surface area contributed by atoms with Crippen molar-refractivity contribution in [3.8, 4) is 0 Å². The Balaban J connectivity index is 1.76. The summed E-state index contributed by atoms with van der Waals surface area (Å²) in [6.45, 7) is 4.31. The van der Waals surface area contributed by atoms with Crippen molar-refractivity contribution in [2.75, 3.05) is 5.32 Å². The first-order chi connectivity index (χ1) is 13.5. The van der Waals surface area contributed by atoms with E-state index in [0.717, 1.165) is 17.7 Å². The van der Waals surface area contributed by atoms with Crippen LogP contribution in [0, 0.1) is 11.6 Å². The Morgan fingerprint density at radius 2 is 1.61 bits per heavy atom. The molecule has 7 heteroatoms. The van der Waals surface area contributed by atoms with Gasteiger partial charge in [-0.25, -0.2) is 18.7 Å². The lowest BCUT2D eigenvalue weighted by Gasteiger charge is -2.26. The van der Waals surface area contributed by atoms with Crippen molar-refractivity contribution in [2.24, 2.45) is 0 Å². The summed E-state index contributed by atoms with van der Waals surface area (Å²) >= 11 is 0. The van der Waals surface area contributed by atoms with Crippen LogP contribution in [0.25, 0.3) is 0 Å². The quantitative estimate of drug-likeness (QED) is 0.680. The third-order valence-corrected chi connectivity index (χ3v) is 4.18. The lowest BCUT2D eigenvalue weighted by atomic mass is 10.1. The van der Waals surface area contributed by atoms with Crippen LogP contribution >= 0.6 is 0 Å². The first-order valence-corrected chi connectivity index (χ1v) is 8.83. The van der Waals surface area contributed by atoms with Crippen molar-refractivity contribution in [1.82, 2.24) is 14.9 Å². The Morgan fingerprint density at radius 1 is 1.00 bits per heavy atom. The molecular weight excluding hydrogens is 362 g/mol. The monoisotopic (exact) mass is 382 g/mol. The predicted octanol–water partition coefficient (Wildman–Crippen LogP) is 4.55. The van der Waals surface area contributed by atoms with Crippen LogP contribution in [-0.2, 0) is 6.54 Å². The Bertz CT molecular complexity index is 926. The van der Waals surface area contributed by atoms with E-state index in [1.807, 2.05) is 44.2 Å². The minimum Gasteiger partial charge on any atom is -0.332 e. The van der Waals surface area contributed by atoms with Crippen LogP contribution in [0.3, 0.4) is 0 Å². The maximum atomic E-state index is 13.7. The second-order valence-corrected chi connectivity index (χ2v) is 6.53. The van der Waals surface area contributed by atoms with Crippen LogP contribution in [-0.4, -0.2) is 26.8 Å². The van der Waals surface area contributed by atoms with Crippen LogP contribution < -0.4 is 5.32 Å². The molecule has 3 rings (SSSR count). The zero-order valence-corrected chi connectivity index (χ0v) is 15.6. The topological polar surface area (TPSA) is 58.1 Å². The van der Waals surface area contributed by atoms with E-state index in [0.29, 0.717) is 12.1 Å². The molecular formula is C21H20F2N4O.